The van der Waals surface area contributed by atoms with Crippen molar-refractivity contribution in [2.24, 2.45) is 0 Å². The number of rotatable bonds is 5. The maximum Gasteiger partial charge on any atom is 0.268 e. The highest BCUT2D eigenvalue weighted by Crippen LogP contribution is 2.36. The number of fused-ring (bicyclic) bond motifs is 2. The number of halogens is 2. The van der Waals surface area contributed by atoms with Crippen LogP contribution in [0, 0.1) is 11.3 Å². The first-order valence-corrected chi connectivity index (χ1v) is 11.3. The van der Waals surface area contributed by atoms with Crippen LogP contribution in [-0.4, -0.2) is 53.8 Å². The molecule has 0 bridgehead atoms. The van der Waals surface area contributed by atoms with Gasteiger partial charge in [-0.3, -0.25) is 14.6 Å². The molecule has 1 amide bonds. The van der Waals surface area contributed by atoms with Crippen molar-refractivity contribution in [3.63, 3.8) is 0 Å². The summed E-state index contributed by atoms with van der Waals surface area (Å²) in [5, 5.41) is 13.1. The monoisotopic (exact) mass is 475 g/mol. The number of hydrogen-bond acceptors (Lipinski definition) is 6. The summed E-state index contributed by atoms with van der Waals surface area (Å²) in [5.74, 6) is -3.98. The number of anilines is 2. The maximum absolute atomic E-state index is 13.7. The van der Waals surface area contributed by atoms with Gasteiger partial charge in [-0.2, -0.15) is 5.26 Å². The van der Waals surface area contributed by atoms with E-state index in [0.717, 1.165) is 34.1 Å². The van der Waals surface area contributed by atoms with E-state index in [1.54, 1.807) is 18.3 Å². The average Bonchev–Trinajstić information content (AvgIpc) is 3.39. The van der Waals surface area contributed by atoms with Gasteiger partial charge in [0.25, 0.3) is 5.92 Å². The zero-order valence-electron chi connectivity index (χ0n) is 19.1. The summed E-state index contributed by atoms with van der Waals surface area (Å²) in [6, 6.07) is 14.0. The van der Waals surface area contributed by atoms with Crippen molar-refractivity contribution < 1.29 is 18.4 Å². The van der Waals surface area contributed by atoms with Crippen LogP contribution in [0.5, 0.6) is 0 Å². The number of alkyl halides is 2. The topological polar surface area (TPSA) is 89.3 Å². The van der Waals surface area contributed by atoms with Crippen LogP contribution in [0.25, 0.3) is 22.0 Å². The number of pyridine rings is 1. The van der Waals surface area contributed by atoms with Gasteiger partial charge in [0.05, 0.1) is 36.2 Å². The number of nitrogens with zero attached hydrogens (tertiary/aromatic N) is 4. The van der Waals surface area contributed by atoms with Crippen LogP contribution in [0.1, 0.15) is 29.6 Å². The van der Waals surface area contributed by atoms with Crippen LogP contribution in [-0.2, 0) is 4.79 Å². The molecule has 2 aliphatic heterocycles. The van der Waals surface area contributed by atoms with Gasteiger partial charge in [0.15, 0.2) is 5.78 Å². The van der Waals surface area contributed by atoms with Crippen LogP contribution in [0.2, 0.25) is 0 Å². The molecule has 1 aromatic heterocycles. The number of nitriles is 1. The van der Waals surface area contributed by atoms with Gasteiger partial charge in [0.2, 0.25) is 5.91 Å². The number of nitrogens with one attached hydrogen (secondary N) is 1. The molecule has 0 unspecified atom stereocenters. The largest absolute Gasteiger partial charge is 0.366 e. The highest BCUT2D eigenvalue weighted by molar-refractivity contribution is 6.08. The normalized spacial score (nSPS) is 18.3. The first kappa shape index (κ1) is 22.7. The molecule has 3 heterocycles. The predicted octanol–water partition coefficient (Wildman–Crippen LogP) is 4.44. The minimum atomic E-state index is -3.08. The number of hydrogen-bond donors (Lipinski definition) is 1. The summed E-state index contributed by atoms with van der Waals surface area (Å²) >= 11 is 0. The molecule has 5 rings (SSSR count). The lowest BCUT2D eigenvalue weighted by molar-refractivity contribution is -0.132. The third-order valence-corrected chi connectivity index (χ3v) is 6.59. The molecule has 35 heavy (non-hydrogen) atoms. The Morgan fingerprint density at radius 1 is 1.17 bits per heavy atom. The molecule has 9 heteroatoms. The summed E-state index contributed by atoms with van der Waals surface area (Å²) in [6.45, 7) is -0.0484. The molecular formula is C26H23F2N5O2. The number of Topliss-reactive ketones (excluding diaryl/α,β-unsaturated/α-hetero) is 1. The number of amides is 1. The Bertz CT molecular complexity index is 1380. The molecule has 1 fully saturated rings. The molecule has 0 radical (unpaired) electrons. The molecule has 3 aromatic rings. The van der Waals surface area contributed by atoms with Crippen molar-refractivity contribution in [1.82, 2.24) is 9.88 Å². The maximum atomic E-state index is 13.7. The van der Waals surface area contributed by atoms with Crippen molar-refractivity contribution in [3.05, 3.63) is 54.2 Å². The Morgan fingerprint density at radius 2 is 1.94 bits per heavy atom. The second kappa shape index (κ2) is 8.62. The van der Waals surface area contributed by atoms with Gasteiger partial charge in [-0.1, -0.05) is 12.1 Å². The molecule has 7 nitrogen and oxygen atoms in total. The second-order valence-electron chi connectivity index (χ2n) is 9.00. The number of aromatic nitrogens is 1. The van der Waals surface area contributed by atoms with Crippen molar-refractivity contribution in [2.75, 3.05) is 30.5 Å². The zero-order chi connectivity index (χ0) is 24.7. The summed E-state index contributed by atoms with van der Waals surface area (Å²) in [5.41, 5.74) is 5.13. The Morgan fingerprint density at radius 3 is 2.74 bits per heavy atom. The van der Waals surface area contributed by atoms with Gasteiger partial charge in [-0.05, 0) is 41.5 Å². The standard InChI is InChI=1S/C26H23F2N5O2/c1-32-15-31-22-11-17(3-5-23(22)32)16-2-4-21-20(10-16)19(8-9-30-21)24(34)6-7-25(35)33-14-26(27,28)12-18(33)13-29/h2-5,8-11,18,31H,6-7,12,14-15H2,1H3/t18-/m0/s1. The Kier molecular flexibility index (Phi) is 5.59. The summed E-state index contributed by atoms with van der Waals surface area (Å²) in [6.07, 6.45) is 0.493. The van der Waals surface area contributed by atoms with Crippen LogP contribution < -0.4 is 10.2 Å². The van der Waals surface area contributed by atoms with Gasteiger partial charge in [0, 0.05) is 43.5 Å². The van der Waals surface area contributed by atoms with Crippen molar-refractivity contribution in [1.29, 1.82) is 5.26 Å². The molecule has 1 N–H and O–H groups in total. The molecular weight excluding hydrogens is 452 g/mol. The van der Waals surface area contributed by atoms with Gasteiger partial charge in [0.1, 0.15) is 6.04 Å². The van der Waals surface area contributed by atoms with E-state index in [2.05, 4.69) is 21.3 Å². The summed E-state index contributed by atoms with van der Waals surface area (Å²) in [7, 11) is 2.01. The zero-order valence-corrected chi connectivity index (χ0v) is 19.1. The van der Waals surface area contributed by atoms with Crippen LogP contribution in [0.4, 0.5) is 20.2 Å². The first-order chi connectivity index (χ1) is 16.8. The number of ketones is 1. The third-order valence-electron chi connectivity index (χ3n) is 6.59. The fourth-order valence-corrected chi connectivity index (χ4v) is 4.74. The Hall–Kier alpha value is -4.06. The van der Waals surface area contributed by atoms with E-state index < -0.39 is 30.8 Å². The molecule has 1 saturated heterocycles. The number of benzene rings is 2. The molecule has 178 valence electrons. The average molecular weight is 475 g/mol. The van der Waals surface area contributed by atoms with Crippen molar-refractivity contribution in [3.8, 4) is 17.2 Å². The fourth-order valence-electron chi connectivity index (χ4n) is 4.74. The van der Waals surface area contributed by atoms with Crippen molar-refractivity contribution in [2.45, 2.75) is 31.2 Å². The molecule has 2 aliphatic rings. The fraction of sp³-hybridized carbons (Fsp3) is 0.308. The van der Waals surface area contributed by atoms with Gasteiger partial charge >= 0.3 is 0 Å². The van der Waals surface area contributed by atoms with Crippen LogP contribution in [0.3, 0.4) is 0 Å². The van der Waals surface area contributed by atoms with E-state index in [-0.39, 0.29) is 18.6 Å². The van der Waals surface area contributed by atoms with Gasteiger partial charge in [-0.15, -0.1) is 0 Å². The lowest BCUT2D eigenvalue weighted by Gasteiger charge is -2.18. The summed E-state index contributed by atoms with van der Waals surface area (Å²) < 4.78 is 27.4. The van der Waals surface area contributed by atoms with Crippen LogP contribution in [0.15, 0.2) is 48.7 Å². The minimum Gasteiger partial charge on any atom is -0.366 e. The van der Waals surface area contributed by atoms with Gasteiger partial charge < -0.3 is 15.1 Å². The van der Waals surface area contributed by atoms with E-state index in [0.29, 0.717) is 16.5 Å². The third kappa shape index (κ3) is 4.28. The molecule has 0 spiro atoms. The highest BCUT2D eigenvalue weighted by Gasteiger charge is 2.47. The SMILES string of the molecule is CN1CNc2cc(-c3ccc4nccc(C(=O)CCC(=O)N5CC(F)(F)C[C@H]5C#N)c4c3)ccc21. The quantitative estimate of drug-likeness (QED) is 0.549. The highest BCUT2D eigenvalue weighted by atomic mass is 19.3. The number of carbonyl (C=O) groups is 2. The smallest absolute Gasteiger partial charge is 0.268 e. The predicted molar refractivity (Wildman–Crippen MR) is 128 cm³/mol. The number of likely N-dealkylation sites (tertiary alicyclic amines) is 1. The lowest BCUT2D eigenvalue weighted by atomic mass is 9.97. The molecule has 1 atom stereocenters. The Labute approximate surface area is 201 Å². The summed E-state index contributed by atoms with van der Waals surface area (Å²) in [4.78, 5) is 32.9. The van der Waals surface area contributed by atoms with E-state index in [4.69, 9.17) is 5.26 Å². The van der Waals surface area contributed by atoms with E-state index >= 15 is 0 Å². The Balaban J connectivity index is 1.37. The van der Waals surface area contributed by atoms with Crippen molar-refractivity contribution >= 4 is 34.0 Å². The minimum absolute atomic E-state index is 0.141. The lowest BCUT2D eigenvalue weighted by Crippen LogP contribution is -2.36. The van der Waals surface area contributed by atoms with E-state index in [1.165, 1.54) is 0 Å². The second-order valence-corrected chi connectivity index (χ2v) is 9.00. The molecule has 0 aliphatic carbocycles. The molecule has 0 saturated carbocycles. The van der Waals surface area contributed by atoms with E-state index in [1.807, 2.05) is 37.4 Å². The van der Waals surface area contributed by atoms with Crippen LogP contribution >= 0.6 is 0 Å². The molecule has 2 aromatic carbocycles. The van der Waals surface area contributed by atoms with Gasteiger partial charge in [-0.25, -0.2) is 8.78 Å². The first-order valence-electron chi connectivity index (χ1n) is 11.3. The van der Waals surface area contributed by atoms with E-state index in [9.17, 15) is 18.4 Å². The number of carbonyl (C=O) groups excluding carboxylic acids is 2.